The lowest BCUT2D eigenvalue weighted by atomic mass is 9.97. The van der Waals surface area contributed by atoms with Crippen LogP contribution >= 0.6 is 0 Å². The number of hydrogen-bond acceptors (Lipinski definition) is 2. The molecule has 0 bridgehead atoms. The van der Waals surface area contributed by atoms with Crippen molar-refractivity contribution in [1.29, 1.82) is 5.41 Å². The number of hydrogen-bond donors (Lipinski definition) is 3. The van der Waals surface area contributed by atoms with E-state index in [9.17, 15) is 0 Å². The van der Waals surface area contributed by atoms with Gasteiger partial charge in [0, 0.05) is 13.3 Å². The summed E-state index contributed by atoms with van der Waals surface area (Å²) in [5, 5.41) is 14.8. The van der Waals surface area contributed by atoms with Crippen LogP contribution in [-0.2, 0) is 11.2 Å². The second-order valence-electron chi connectivity index (χ2n) is 4.24. The van der Waals surface area contributed by atoms with Crippen molar-refractivity contribution in [3.63, 3.8) is 0 Å². The number of carboxylic acid groups (broad SMARTS) is 1. The molecule has 0 atom stereocenters. The highest BCUT2D eigenvalue weighted by molar-refractivity contribution is 5.82. The molecule has 0 amide bonds. The molecule has 0 fully saturated rings. The zero-order chi connectivity index (χ0) is 15.0. The van der Waals surface area contributed by atoms with Gasteiger partial charge in [-0.05, 0) is 16.7 Å². The molecule has 2 rings (SSSR count). The van der Waals surface area contributed by atoms with Crippen LogP contribution in [0.15, 0.2) is 54.6 Å². The molecule has 0 heterocycles. The Morgan fingerprint density at radius 3 is 2.15 bits per heavy atom. The summed E-state index contributed by atoms with van der Waals surface area (Å²) in [4.78, 5) is 9.00. The van der Waals surface area contributed by atoms with Crippen molar-refractivity contribution in [2.24, 2.45) is 5.73 Å². The summed E-state index contributed by atoms with van der Waals surface area (Å²) in [6.07, 6.45) is 0.505. The average molecular weight is 270 g/mol. The molecule has 0 aliphatic carbocycles. The summed E-state index contributed by atoms with van der Waals surface area (Å²) in [6.45, 7) is 1.08. The summed E-state index contributed by atoms with van der Waals surface area (Å²) in [6, 6.07) is 18.2. The number of carbonyl (C=O) groups is 1. The second-order valence-corrected chi connectivity index (χ2v) is 4.24. The van der Waals surface area contributed by atoms with Crippen LogP contribution in [-0.4, -0.2) is 16.9 Å². The molecule has 0 aromatic heterocycles. The molecule has 4 heteroatoms. The normalized spacial score (nSPS) is 9.25. The van der Waals surface area contributed by atoms with Crippen LogP contribution in [0.3, 0.4) is 0 Å². The van der Waals surface area contributed by atoms with Gasteiger partial charge in [0.1, 0.15) is 0 Å². The zero-order valence-electron chi connectivity index (χ0n) is 11.3. The molecular formula is C16H18N2O2. The van der Waals surface area contributed by atoms with Gasteiger partial charge in [0.15, 0.2) is 0 Å². The highest BCUT2D eigenvalue weighted by atomic mass is 16.4. The first kappa shape index (κ1) is 15.4. The van der Waals surface area contributed by atoms with Crippen molar-refractivity contribution < 1.29 is 9.90 Å². The molecule has 2 aromatic carbocycles. The number of amidine groups is 1. The van der Waals surface area contributed by atoms with Crippen molar-refractivity contribution in [2.75, 3.05) is 0 Å². The van der Waals surface area contributed by atoms with E-state index in [1.54, 1.807) is 0 Å². The third-order valence-electron chi connectivity index (χ3n) is 2.48. The van der Waals surface area contributed by atoms with E-state index in [1.807, 2.05) is 36.4 Å². The van der Waals surface area contributed by atoms with Crippen LogP contribution < -0.4 is 5.73 Å². The largest absolute Gasteiger partial charge is 0.481 e. The minimum Gasteiger partial charge on any atom is -0.481 e. The van der Waals surface area contributed by atoms with Crippen LogP contribution in [0.25, 0.3) is 11.1 Å². The molecule has 4 N–H and O–H groups in total. The van der Waals surface area contributed by atoms with Crippen LogP contribution in [0.5, 0.6) is 0 Å². The zero-order valence-corrected chi connectivity index (χ0v) is 11.3. The van der Waals surface area contributed by atoms with Gasteiger partial charge in [0.2, 0.25) is 0 Å². The molecule has 0 radical (unpaired) electrons. The van der Waals surface area contributed by atoms with Gasteiger partial charge in [-0.15, -0.1) is 0 Å². The van der Waals surface area contributed by atoms with E-state index in [2.05, 4.69) is 18.2 Å². The first-order chi connectivity index (χ1) is 9.50. The molecule has 0 aliphatic heterocycles. The Bertz CT molecular complexity index is 576. The van der Waals surface area contributed by atoms with Crippen molar-refractivity contribution in [1.82, 2.24) is 0 Å². The fourth-order valence-corrected chi connectivity index (χ4v) is 1.78. The highest BCUT2D eigenvalue weighted by Gasteiger charge is 2.04. The predicted molar refractivity (Wildman–Crippen MR) is 80.8 cm³/mol. The highest BCUT2D eigenvalue weighted by Crippen LogP contribution is 2.23. The SMILES string of the molecule is CC(=O)O.N=C(N)Cc1ccccc1-c1ccccc1. The average Bonchev–Trinajstić information content (AvgIpc) is 2.39. The third-order valence-corrected chi connectivity index (χ3v) is 2.48. The second kappa shape index (κ2) is 7.74. The van der Waals surface area contributed by atoms with Gasteiger partial charge >= 0.3 is 0 Å². The van der Waals surface area contributed by atoms with E-state index >= 15 is 0 Å². The standard InChI is InChI=1S/C14H14N2.C2H4O2/c15-14(16)10-12-8-4-5-9-13(12)11-6-2-1-3-7-11;1-2(3)4/h1-9H,10H2,(H3,15,16);1H3,(H,3,4). The molecule has 0 aliphatic rings. The molecule has 2 aromatic rings. The Morgan fingerprint density at radius 1 is 1.10 bits per heavy atom. The maximum Gasteiger partial charge on any atom is 0.300 e. The number of nitrogens with two attached hydrogens (primary N) is 1. The lowest BCUT2D eigenvalue weighted by molar-refractivity contribution is -0.134. The van der Waals surface area contributed by atoms with Crippen LogP contribution in [0.4, 0.5) is 0 Å². The summed E-state index contributed by atoms with van der Waals surface area (Å²) < 4.78 is 0. The lowest BCUT2D eigenvalue weighted by Crippen LogP contribution is -2.13. The van der Waals surface area contributed by atoms with Crippen LogP contribution in [0.2, 0.25) is 0 Å². The van der Waals surface area contributed by atoms with Crippen molar-refractivity contribution >= 4 is 11.8 Å². The number of carboxylic acids is 1. The minimum atomic E-state index is -0.833. The van der Waals surface area contributed by atoms with E-state index in [4.69, 9.17) is 21.0 Å². The summed E-state index contributed by atoms with van der Waals surface area (Å²) in [7, 11) is 0. The van der Waals surface area contributed by atoms with E-state index < -0.39 is 5.97 Å². The third kappa shape index (κ3) is 5.35. The van der Waals surface area contributed by atoms with Gasteiger partial charge in [-0.25, -0.2) is 0 Å². The molecule has 4 nitrogen and oxygen atoms in total. The van der Waals surface area contributed by atoms with Gasteiger partial charge < -0.3 is 10.8 Å². The molecule has 20 heavy (non-hydrogen) atoms. The van der Waals surface area contributed by atoms with E-state index in [-0.39, 0.29) is 5.84 Å². The fraction of sp³-hybridized carbons (Fsp3) is 0.125. The van der Waals surface area contributed by atoms with Gasteiger partial charge in [-0.1, -0.05) is 54.6 Å². The van der Waals surface area contributed by atoms with E-state index in [1.165, 1.54) is 5.56 Å². The summed E-state index contributed by atoms with van der Waals surface area (Å²) in [5.41, 5.74) is 8.87. The number of benzene rings is 2. The van der Waals surface area contributed by atoms with Crippen LogP contribution in [0.1, 0.15) is 12.5 Å². The predicted octanol–water partition coefficient (Wildman–Crippen LogP) is 2.92. The smallest absolute Gasteiger partial charge is 0.300 e. The maximum absolute atomic E-state index is 9.00. The lowest BCUT2D eigenvalue weighted by Gasteiger charge is -2.08. The summed E-state index contributed by atoms with van der Waals surface area (Å²) in [5.74, 6) is -0.636. The van der Waals surface area contributed by atoms with Gasteiger partial charge in [-0.3, -0.25) is 10.2 Å². The molecule has 0 saturated heterocycles. The van der Waals surface area contributed by atoms with E-state index in [0.29, 0.717) is 6.42 Å². The molecule has 0 saturated carbocycles. The molecular weight excluding hydrogens is 252 g/mol. The quantitative estimate of drug-likeness (QED) is 0.592. The van der Waals surface area contributed by atoms with E-state index in [0.717, 1.165) is 18.1 Å². The van der Waals surface area contributed by atoms with Crippen LogP contribution in [0, 0.1) is 5.41 Å². The Hall–Kier alpha value is -2.62. The summed E-state index contributed by atoms with van der Waals surface area (Å²) >= 11 is 0. The first-order valence-corrected chi connectivity index (χ1v) is 6.16. The van der Waals surface area contributed by atoms with Gasteiger partial charge in [0.05, 0.1) is 5.84 Å². The Balaban J connectivity index is 0.000000444. The Labute approximate surface area is 118 Å². The number of rotatable bonds is 3. The maximum atomic E-state index is 9.00. The Kier molecular flexibility index (Phi) is 5.97. The topological polar surface area (TPSA) is 87.2 Å². The van der Waals surface area contributed by atoms with Gasteiger partial charge in [0.25, 0.3) is 5.97 Å². The monoisotopic (exact) mass is 270 g/mol. The molecule has 0 spiro atoms. The van der Waals surface area contributed by atoms with Crippen molar-refractivity contribution in [2.45, 2.75) is 13.3 Å². The van der Waals surface area contributed by atoms with Crippen molar-refractivity contribution in [3.8, 4) is 11.1 Å². The van der Waals surface area contributed by atoms with Gasteiger partial charge in [-0.2, -0.15) is 0 Å². The fourth-order valence-electron chi connectivity index (χ4n) is 1.78. The minimum absolute atomic E-state index is 0.198. The molecule has 0 unspecified atom stereocenters. The number of aliphatic carboxylic acids is 1. The Morgan fingerprint density at radius 2 is 1.60 bits per heavy atom. The first-order valence-electron chi connectivity index (χ1n) is 6.16. The molecule has 104 valence electrons. The van der Waals surface area contributed by atoms with Crippen molar-refractivity contribution in [3.05, 3.63) is 60.2 Å². The number of nitrogens with one attached hydrogen (secondary N) is 1.